The maximum Gasteiger partial charge on any atom is 0.226 e. The third-order valence-corrected chi connectivity index (χ3v) is 3.71. The highest BCUT2D eigenvalue weighted by Gasteiger charge is 2.24. The van der Waals surface area contributed by atoms with Crippen LogP contribution in [0.4, 0.5) is 0 Å². The van der Waals surface area contributed by atoms with Crippen LogP contribution in [0.15, 0.2) is 4.52 Å². The third-order valence-electron chi connectivity index (χ3n) is 3.71. The van der Waals surface area contributed by atoms with Crippen molar-refractivity contribution in [2.24, 2.45) is 17.1 Å². The molecule has 2 N–H and O–H groups in total. The van der Waals surface area contributed by atoms with Crippen molar-refractivity contribution >= 4 is 0 Å². The van der Waals surface area contributed by atoms with Gasteiger partial charge in [-0.3, -0.25) is 0 Å². The molecule has 1 aromatic rings. The lowest BCUT2D eigenvalue weighted by Gasteiger charge is -2.30. The van der Waals surface area contributed by atoms with E-state index in [2.05, 4.69) is 30.9 Å². The Balaban J connectivity index is 2.56. The van der Waals surface area contributed by atoms with Crippen LogP contribution in [0.1, 0.15) is 65.3 Å². The van der Waals surface area contributed by atoms with E-state index >= 15 is 0 Å². The highest BCUT2D eigenvalue weighted by Crippen LogP contribution is 2.32. The number of ether oxygens (including phenoxy) is 1. The predicted molar refractivity (Wildman–Crippen MR) is 79.3 cm³/mol. The third kappa shape index (κ3) is 5.21. The van der Waals surface area contributed by atoms with E-state index in [0.29, 0.717) is 24.2 Å². The predicted octanol–water partition coefficient (Wildman–Crippen LogP) is 3.11. The van der Waals surface area contributed by atoms with Gasteiger partial charge in [-0.15, -0.1) is 0 Å². The summed E-state index contributed by atoms with van der Waals surface area (Å²) in [6.07, 6.45) is 2.74. The van der Waals surface area contributed by atoms with E-state index in [1.54, 1.807) is 0 Å². The number of rotatable bonds is 8. The number of aryl methyl sites for hydroxylation is 1. The van der Waals surface area contributed by atoms with E-state index in [1.165, 1.54) is 0 Å². The minimum atomic E-state index is -0.111. The zero-order valence-electron chi connectivity index (χ0n) is 13.5. The molecule has 2 atom stereocenters. The summed E-state index contributed by atoms with van der Waals surface area (Å²) < 4.78 is 10.8. The molecule has 0 amide bonds. The first-order chi connectivity index (χ1) is 9.38. The quantitative estimate of drug-likeness (QED) is 0.793. The number of aromatic nitrogens is 2. The summed E-state index contributed by atoms with van der Waals surface area (Å²) in [5.41, 5.74) is 5.96. The van der Waals surface area contributed by atoms with Crippen LogP contribution >= 0.6 is 0 Å². The molecule has 0 saturated carbocycles. The van der Waals surface area contributed by atoms with E-state index in [1.807, 2.05) is 13.8 Å². The van der Waals surface area contributed by atoms with Crippen LogP contribution in [0.2, 0.25) is 0 Å². The highest BCUT2D eigenvalue weighted by molar-refractivity contribution is 4.91. The van der Waals surface area contributed by atoms with E-state index in [9.17, 15) is 0 Å². The van der Waals surface area contributed by atoms with Gasteiger partial charge >= 0.3 is 0 Å². The van der Waals surface area contributed by atoms with E-state index < -0.39 is 0 Å². The smallest absolute Gasteiger partial charge is 0.226 e. The lowest BCUT2D eigenvalue weighted by Crippen LogP contribution is -2.24. The van der Waals surface area contributed by atoms with Crippen LogP contribution in [0, 0.1) is 11.3 Å². The SMILES string of the molecule is CCOC(C)c1noc(CCC(CCN)C(C)(C)C)n1. The van der Waals surface area contributed by atoms with Crippen molar-refractivity contribution in [1.29, 1.82) is 0 Å². The summed E-state index contributed by atoms with van der Waals surface area (Å²) in [7, 11) is 0. The second kappa shape index (κ2) is 7.74. The molecule has 1 rings (SSSR count). The van der Waals surface area contributed by atoms with Gasteiger partial charge in [0.05, 0.1) is 0 Å². The van der Waals surface area contributed by atoms with Gasteiger partial charge < -0.3 is 15.0 Å². The Morgan fingerprint density at radius 1 is 1.30 bits per heavy atom. The van der Waals surface area contributed by atoms with Gasteiger partial charge in [-0.1, -0.05) is 25.9 Å². The Labute approximate surface area is 122 Å². The summed E-state index contributed by atoms with van der Waals surface area (Å²) in [5.74, 6) is 1.89. The van der Waals surface area contributed by atoms with E-state index in [4.69, 9.17) is 15.0 Å². The van der Waals surface area contributed by atoms with Crippen molar-refractivity contribution in [2.75, 3.05) is 13.2 Å². The van der Waals surface area contributed by atoms with Crippen LogP contribution in [-0.4, -0.2) is 23.3 Å². The molecule has 0 aliphatic carbocycles. The monoisotopic (exact) mass is 283 g/mol. The largest absolute Gasteiger partial charge is 0.371 e. The van der Waals surface area contributed by atoms with Crippen molar-refractivity contribution in [3.63, 3.8) is 0 Å². The average molecular weight is 283 g/mol. The van der Waals surface area contributed by atoms with Crippen molar-refractivity contribution in [3.05, 3.63) is 11.7 Å². The van der Waals surface area contributed by atoms with Crippen LogP contribution in [0.5, 0.6) is 0 Å². The Bertz CT molecular complexity index is 385. The molecule has 0 fully saturated rings. The normalized spacial score (nSPS) is 15.3. The zero-order chi connectivity index (χ0) is 15.2. The maximum atomic E-state index is 5.70. The molecule has 0 aromatic carbocycles. The van der Waals surface area contributed by atoms with Crippen LogP contribution < -0.4 is 5.73 Å². The molecule has 0 aliphatic heterocycles. The molecule has 5 nitrogen and oxygen atoms in total. The molecule has 1 heterocycles. The van der Waals surface area contributed by atoms with Gasteiger partial charge in [0.1, 0.15) is 6.10 Å². The Morgan fingerprint density at radius 3 is 2.55 bits per heavy atom. The van der Waals surface area contributed by atoms with Crippen molar-refractivity contribution in [1.82, 2.24) is 10.1 Å². The van der Waals surface area contributed by atoms with Crippen molar-refractivity contribution in [2.45, 2.75) is 60.0 Å². The van der Waals surface area contributed by atoms with Crippen LogP contribution in [0.3, 0.4) is 0 Å². The lowest BCUT2D eigenvalue weighted by molar-refractivity contribution is 0.0683. The minimum Gasteiger partial charge on any atom is -0.371 e. The summed E-state index contributed by atoms with van der Waals surface area (Å²) >= 11 is 0. The highest BCUT2D eigenvalue weighted by atomic mass is 16.5. The molecule has 116 valence electrons. The summed E-state index contributed by atoms with van der Waals surface area (Å²) in [6.45, 7) is 12.0. The molecule has 2 unspecified atom stereocenters. The molecule has 0 spiro atoms. The van der Waals surface area contributed by atoms with E-state index in [0.717, 1.165) is 25.8 Å². The van der Waals surface area contributed by atoms with E-state index in [-0.39, 0.29) is 11.5 Å². The number of hydrogen-bond acceptors (Lipinski definition) is 5. The Kier molecular flexibility index (Phi) is 6.62. The van der Waals surface area contributed by atoms with Gasteiger partial charge in [0.25, 0.3) is 0 Å². The molecular weight excluding hydrogens is 254 g/mol. The number of hydrogen-bond donors (Lipinski definition) is 1. The first-order valence-corrected chi connectivity index (χ1v) is 7.52. The average Bonchev–Trinajstić information content (AvgIpc) is 2.82. The van der Waals surface area contributed by atoms with Crippen LogP contribution in [0.25, 0.3) is 0 Å². The molecule has 0 bridgehead atoms. The Hall–Kier alpha value is -0.940. The molecule has 0 aliphatic rings. The first-order valence-electron chi connectivity index (χ1n) is 7.52. The number of nitrogens with two attached hydrogens (primary N) is 1. The number of nitrogens with zero attached hydrogens (tertiary/aromatic N) is 2. The van der Waals surface area contributed by atoms with Gasteiger partial charge in [0.2, 0.25) is 5.89 Å². The maximum absolute atomic E-state index is 5.70. The molecule has 5 heteroatoms. The molecule has 0 radical (unpaired) electrons. The molecule has 0 saturated heterocycles. The fraction of sp³-hybridized carbons (Fsp3) is 0.867. The second-order valence-electron chi connectivity index (χ2n) is 6.32. The van der Waals surface area contributed by atoms with Gasteiger partial charge in [-0.05, 0) is 44.6 Å². The fourth-order valence-corrected chi connectivity index (χ4v) is 2.37. The minimum absolute atomic E-state index is 0.111. The van der Waals surface area contributed by atoms with Gasteiger partial charge in [-0.25, -0.2) is 0 Å². The van der Waals surface area contributed by atoms with Crippen LogP contribution in [-0.2, 0) is 11.2 Å². The molecule has 1 aromatic heterocycles. The first kappa shape index (κ1) is 17.1. The summed E-state index contributed by atoms with van der Waals surface area (Å²) in [4.78, 5) is 4.41. The Morgan fingerprint density at radius 2 is 2.00 bits per heavy atom. The van der Waals surface area contributed by atoms with Crippen molar-refractivity contribution in [3.8, 4) is 0 Å². The summed E-state index contributed by atoms with van der Waals surface area (Å²) in [6, 6.07) is 0. The lowest BCUT2D eigenvalue weighted by atomic mass is 9.76. The fourth-order valence-electron chi connectivity index (χ4n) is 2.37. The van der Waals surface area contributed by atoms with Crippen molar-refractivity contribution < 1.29 is 9.26 Å². The molecular formula is C15H29N3O2. The zero-order valence-corrected chi connectivity index (χ0v) is 13.5. The van der Waals surface area contributed by atoms with Gasteiger partial charge in [0.15, 0.2) is 5.82 Å². The standard InChI is InChI=1S/C15H29N3O2/c1-6-19-11(2)14-17-13(20-18-14)8-7-12(9-10-16)15(3,4)5/h11-12H,6-10,16H2,1-5H3. The van der Waals surface area contributed by atoms with Gasteiger partial charge in [0, 0.05) is 13.0 Å². The van der Waals surface area contributed by atoms with Gasteiger partial charge in [-0.2, -0.15) is 4.98 Å². The molecule has 20 heavy (non-hydrogen) atoms. The second-order valence-corrected chi connectivity index (χ2v) is 6.32. The summed E-state index contributed by atoms with van der Waals surface area (Å²) in [5, 5.41) is 3.99. The topological polar surface area (TPSA) is 74.2 Å².